The molecule has 0 bridgehead atoms. The lowest BCUT2D eigenvalue weighted by molar-refractivity contribution is 0.500. The Kier molecular flexibility index (Phi) is 4.57. The van der Waals surface area contributed by atoms with E-state index >= 15 is 0 Å². The van der Waals surface area contributed by atoms with Crippen molar-refractivity contribution in [3.63, 3.8) is 0 Å². The summed E-state index contributed by atoms with van der Waals surface area (Å²) in [4.78, 5) is 0. The van der Waals surface area contributed by atoms with Crippen LogP contribution < -0.4 is 10.6 Å². The van der Waals surface area contributed by atoms with Gasteiger partial charge in [-0.1, -0.05) is 31.2 Å². The lowest BCUT2D eigenvalue weighted by Crippen LogP contribution is -2.36. The van der Waals surface area contributed by atoms with Crippen molar-refractivity contribution in [2.75, 3.05) is 6.54 Å². The minimum absolute atomic E-state index is 0.543. The fourth-order valence-electron chi connectivity index (χ4n) is 1.89. The van der Waals surface area contributed by atoms with Gasteiger partial charge in [-0.2, -0.15) is 0 Å². The summed E-state index contributed by atoms with van der Waals surface area (Å²) in [6, 6.07) is 10.3. The van der Waals surface area contributed by atoms with Crippen LogP contribution in [0.3, 0.4) is 0 Å². The zero-order valence-electron chi connectivity index (χ0n) is 11.0. The van der Waals surface area contributed by atoms with E-state index in [2.05, 4.69) is 48.7 Å². The normalized spacial score (nSPS) is 17.1. The number of rotatable bonds is 7. The Morgan fingerprint density at radius 1 is 1.18 bits per heavy atom. The minimum atomic E-state index is 0.543. The maximum atomic E-state index is 3.56. The molecule has 1 unspecified atom stereocenters. The monoisotopic (exact) mass is 232 g/mol. The van der Waals surface area contributed by atoms with E-state index < -0.39 is 0 Å². The van der Waals surface area contributed by atoms with E-state index in [1.54, 1.807) is 0 Å². The van der Waals surface area contributed by atoms with E-state index in [-0.39, 0.29) is 0 Å². The summed E-state index contributed by atoms with van der Waals surface area (Å²) < 4.78 is 0. The molecule has 2 N–H and O–H groups in total. The Labute approximate surface area is 105 Å². The summed E-state index contributed by atoms with van der Waals surface area (Å²) in [5.41, 5.74) is 2.79. The molecule has 1 fully saturated rings. The zero-order valence-corrected chi connectivity index (χ0v) is 11.0. The van der Waals surface area contributed by atoms with E-state index in [0.29, 0.717) is 6.04 Å². The first-order chi connectivity index (χ1) is 8.28. The van der Waals surface area contributed by atoms with Gasteiger partial charge in [0.2, 0.25) is 0 Å². The average molecular weight is 232 g/mol. The summed E-state index contributed by atoms with van der Waals surface area (Å²) in [5, 5.41) is 7.11. The highest BCUT2D eigenvalue weighted by molar-refractivity contribution is 5.22. The van der Waals surface area contributed by atoms with Gasteiger partial charge in [0.15, 0.2) is 0 Å². The third kappa shape index (κ3) is 4.49. The second-order valence-corrected chi connectivity index (χ2v) is 5.13. The van der Waals surface area contributed by atoms with Crippen LogP contribution in [-0.4, -0.2) is 18.6 Å². The number of aryl methyl sites for hydroxylation is 1. The summed E-state index contributed by atoms with van der Waals surface area (Å²) in [5.74, 6) is 0. The molecule has 1 atom stereocenters. The van der Waals surface area contributed by atoms with Crippen molar-refractivity contribution >= 4 is 0 Å². The quantitative estimate of drug-likeness (QED) is 0.754. The fraction of sp³-hybridized carbons (Fsp3) is 0.600. The highest BCUT2D eigenvalue weighted by Crippen LogP contribution is 2.18. The van der Waals surface area contributed by atoms with Crippen molar-refractivity contribution in [2.24, 2.45) is 0 Å². The summed E-state index contributed by atoms with van der Waals surface area (Å²) in [6.07, 6.45) is 3.85. The molecular weight excluding hydrogens is 208 g/mol. The summed E-state index contributed by atoms with van der Waals surface area (Å²) in [6.45, 7) is 6.49. The van der Waals surface area contributed by atoms with Crippen molar-refractivity contribution in [2.45, 2.75) is 51.7 Å². The number of hydrogen-bond donors (Lipinski definition) is 2. The average Bonchev–Trinajstić information content (AvgIpc) is 3.18. The van der Waals surface area contributed by atoms with Gasteiger partial charge in [-0.3, -0.25) is 0 Å². The van der Waals surface area contributed by atoms with Gasteiger partial charge >= 0.3 is 0 Å². The van der Waals surface area contributed by atoms with Gasteiger partial charge in [0.05, 0.1) is 0 Å². The predicted octanol–water partition coefficient (Wildman–Crippen LogP) is 2.48. The molecule has 1 aliphatic rings. The smallest absolute Gasteiger partial charge is 0.0208 e. The van der Waals surface area contributed by atoms with Crippen LogP contribution in [0.25, 0.3) is 0 Å². The van der Waals surface area contributed by atoms with Crippen LogP contribution in [0.2, 0.25) is 0 Å². The molecule has 0 aliphatic heterocycles. The van der Waals surface area contributed by atoms with E-state index in [1.807, 2.05) is 0 Å². The Hall–Kier alpha value is -0.860. The van der Waals surface area contributed by atoms with Crippen molar-refractivity contribution < 1.29 is 0 Å². The van der Waals surface area contributed by atoms with E-state index in [9.17, 15) is 0 Å². The van der Waals surface area contributed by atoms with E-state index in [4.69, 9.17) is 0 Å². The molecule has 0 amide bonds. The fourth-order valence-corrected chi connectivity index (χ4v) is 1.89. The molecule has 0 aromatic heterocycles. The molecule has 2 nitrogen and oxygen atoms in total. The first-order valence-corrected chi connectivity index (χ1v) is 6.82. The Balaban J connectivity index is 1.68. The maximum Gasteiger partial charge on any atom is 0.0208 e. The molecular formula is C15H24N2. The van der Waals surface area contributed by atoms with Crippen LogP contribution in [0.5, 0.6) is 0 Å². The van der Waals surface area contributed by atoms with Crippen LogP contribution in [0.1, 0.15) is 37.8 Å². The molecule has 2 heteroatoms. The highest BCUT2D eigenvalue weighted by Gasteiger charge is 2.20. The molecule has 17 heavy (non-hydrogen) atoms. The molecule has 1 aromatic carbocycles. The first-order valence-electron chi connectivity index (χ1n) is 6.82. The highest BCUT2D eigenvalue weighted by atomic mass is 15.0. The van der Waals surface area contributed by atoms with Gasteiger partial charge in [-0.25, -0.2) is 0 Å². The molecule has 1 aromatic rings. The van der Waals surface area contributed by atoms with E-state index in [0.717, 1.165) is 25.6 Å². The standard InChI is InChI=1S/C15H24N2/c1-3-13-4-6-14(7-5-13)11-16-12(2)10-17-15-8-9-15/h4-7,12,15-17H,3,8-11H2,1-2H3. The van der Waals surface area contributed by atoms with Gasteiger partial charge in [-0.15, -0.1) is 0 Å². The minimum Gasteiger partial charge on any atom is -0.312 e. The third-order valence-electron chi connectivity index (χ3n) is 3.38. The van der Waals surface area contributed by atoms with Gasteiger partial charge in [0, 0.05) is 25.2 Å². The zero-order chi connectivity index (χ0) is 12.1. The van der Waals surface area contributed by atoms with Crippen LogP contribution in [0.4, 0.5) is 0 Å². The van der Waals surface area contributed by atoms with Crippen LogP contribution in [0, 0.1) is 0 Å². The molecule has 1 saturated carbocycles. The lowest BCUT2D eigenvalue weighted by atomic mass is 10.1. The molecule has 94 valence electrons. The second-order valence-electron chi connectivity index (χ2n) is 5.13. The van der Waals surface area contributed by atoms with Gasteiger partial charge in [0.1, 0.15) is 0 Å². The Bertz CT molecular complexity index is 327. The molecule has 0 saturated heterocycles. The number of benzene rings is 1. The van der Waals surface area contributed by atoms with Crippen molar-refractivity contribution in [3.05, 3.63) is 35.4 Å². The van der Waals surface area contributed by atoms with Gasteiger partial charge in [0.25, 0.3) is 0 Å². The van der Waals surface area contributed by atoms with Gasteiger partial charge in [-0.05, 0) is 37.3 Å². The molecule has 0 spiro atoms. The van der Waals surface area contributed by atoms with Crippen molar-refractivity contribution in [1.82, 2.24) is 10.6 Å². The second kappa shape index (κ2) is 6.18. The topological polar surface area (TPSA) is 24.1 Å². The van der Waals surface area contributed by atoms with Crippen molar-refractivity contribution in [3.8, 4) is 0 Å². The lowest BCUT2D eigenvalue weighted by Gasteiger charge is -2.14. The van der Waals surface area contributed by atoms with E-state index in [1.165, 1.54) is 24.0 Å². The Morgan fingerprint density at radius 3 is 2.41 bits per heavy atom. The number of nitrogens with one attached hydrogen (secondary N) is 2. The summed E-state index contributed by atoms with van der Waals surface area (Å²) in [7, 11) is 0. The molecule has 2 rings (SSSR count). The maximum absolute atomic E-state index is 3.56. The molecule has 0 heterocycles. The van der Waals surface area contributed by atoms with Crippen LogP contribution in [-0.2, 0) is 13.0 Å². The van der Waals surface area contributed by atoms with Gasteiger partial charge < -0.3 is 10.6 Å². The third-order valence-corrected chi connectivity index (χ3v) is 3.38. The molecule has 1 aliphatic carbocycles. The van der Waals surface area contributed by atoms with Crippen LogP contribution >= 0.6 is 0 Å². The van der Waals surface area contributed by atoms with Crippen LogP contribution in [0.15, 0.2) is 24.3 Å². The summed E-state index contributed by atoms with van der Waals surface area (Å²) >= 11 is 0. The predicted molar refractivity (Wildman–Crippen MR) is 73.1 cm³/mol. The number of hydrogen-bond acceptors (Lipinski definition) is 2. The SMILES string of the molecule is CCc1ccc(CNC(C)CNC2CC2)cc1. The Morgan fingerprint density at radius 2 is 1.82 bits per heavy atom. The van der Waals surface area contributed by atoms with Crippen molar-refractivity contribution in [1.29, 1.82) is 0 Å². The molecule has 0 radical (unpaired) electrons. The largest absolute Gasteiger partial charge is 0.312 e. The first kappa shape index (κ1) is 12.6.